The molecular formula is C11H21NO2. The fourth-order valence-electron chi connectivity index (χ4n) is 0.792. The van der Waals surface area contributed by atoms with Crippen molar-refractivity contribution in [2.75, 3.05) is 6.54 Å². The fraction of sp³-hybridized carbons (Fsp3) is 0.636. The molecule has 1 N–H and O–H groups in total. The number of carbonyl (C=O) groups is 2. The van der Waals surface area contributed by atoms with Crippen LogP contribution in [0.15, 0.2) is 12.2 Å². The summed E-state index contributed by atoms with van der Waals surface area (Å²) in [6, 6.07) is 0. The molecule has 82 valence electrons. The summed E-state index contributed by atoms with van der Waals surface area (Å²) >= 11 is 0. The van der Waals surface area contributed by atoms with Gasteiger partial charge in [0.2, 0.25) is 5.91 Å². The Morgan fingerprint density at radius 2 is 1.79 bits per heavy atom. The molecule has 0 radical (unpaired) electrons. The normalized spacial score (nSPS) is 9.14. The van der Waals surface area contributed by atoms with E-state index in [2.05, 4.69) is 5.32 Å². The zero-order chi connectivity index (χ0) is 11.4. The molecule has 0 saturated carbocycles. The molecule has 3 nitrogen and oxygen atoms in total. The first kappa shape index (κ1) is 15.4. The third kappa shape index (κ3) is 10.9. The summed E-state index contributed by atoms with van der Waals surface area (Å²) in [5.74, 6) is -0.0564. The van der Waals surface area contributed by atoms with E-state index < -0.39 is 0 Å². The predicted molar refractivity (Wildman–Crippen MR) is 59.1 cm³/mol. The summed E-state index contributed by atoms with van der Waals surface area (Å²) in [6.45, 7) is 8.26. The number of nitrogens with one attached hydrogen (secondary N) is 1. The van der Waals surface area contributed by atoms with Gasteiger partial charge in [-0.15, -0.1) is 0 Å². The number of hydrogen-bond acceptors (Lipinski definition) is 2. The first-order valence-electron chi connectivity index (χ1n) is 5.13. The molecule has 0 saturated heterocycles. The lowest BCUT2D eigenvalue weighted by atomic mass is 10.2. The second-order valence-corrected chi connectivity index (χ2v) is 2.42. The minimum Gasteiger partial charge on any atom is -0.356 e. The molecule has 0 aliphatic rings. The quantitative estimate of drug-likeness (QED) is 0.689. The average Bonchev–Trinajstić information content (AvgIpc) is 2.19. The van der Waals surface area contributed by atoms with E-state index in [0.29, 0.717) is 13.0 Å². The van der Waals surface area contributed by atoms with E-state index >= 15 is 0 Å². The number of amides is 1. The van der Waals surface area contributed by atoms with Crippen LogP contribution in [0.25, 0.3) is 0 Å². The van der Waals surface area contributed by atoms with Gasteiger partial charge >= 0.3 is 0 Å². The van der Waals surface area contributed by atoms with Crippen LogP contribution in [-0.4, -0.2) is 18.2 Å². The van der Waals surface area contributed by atoms with Crippen molar-refractivity contribution in [3.8, 4) is 0 Å². The topological polar surface area (TPSA) is 46.2 Å². The highest BCUT2D eigenvalue weighted by molar-refractivity contribution is 5.92. The van der Waals surface area contributed by atoms with Gasteiger partial charge in [-0.2, -0.15) is 0 Å². The largest absolute Gasteiger partial charge is 0.356 e. The van der Waals surface area contributed by atoms with E-state index in [9.17, 15) is 9.59 Å². The molecule has 3 heteroatoms. The van der Waals surface area contributed by atoms with Gasteiger partial charge in [-0.1, -0.05) is 19.9 Å². The second kappa shape index (κ2) is 11.9. The third-order valence-electron chi connectivity index (χ3n) is 1.32. The van der Waals surface area contributed by atoms with Gasteiger partial charge in [-0.05, 0) is 19.9 Å². The van der Waals surface area contributed by atoms with Gasteiger partial charge in [0.05, 0.1) is 0 Å². The molecule has 1 amide bonds. The van der Waals surface area contributed by atoms with Gasteiger partial charge in [0, 0.05) is 19.4 Å². The van der Waals surface area contributed by atoms with Crippen molar-refractivity contribution in [1.82, 2.24) is 5.32 Å². The van der Waals surface area contributed by atoms with E-state index in [-0.39, 0.29) is 18.1 Å². The summed E-state index contributed by atoms with van der Waals surface area (Å²) in [4.78, 5) is 21.7. The zero-order valence-electron chi connectivity index (χ0n) is 9.59. The van der Waals surface area contributed by atoms with E-state index in [0.717, 1.165) is 0 Å². The molecule has 0 rings (SSSR count). The highest BCUT2D eigenvalue weighted by Crippen LogP contribution is 1.92. The van der Waals surface area contributed by atoms with Crippen molar-refractivity contribution in [3.63, 3.8) is 0 Å². The predicted octanol–water partition coefficient (Wildman–Crippen LogP) is 2.07. The molecule has 0 bridgehead atoms. The van der Waals surface area contributed by atoms with Gasteiger partial charge in [0.25, 0.3) is 0 Å². The maximum Gasteiger partial charge on any atom is 0.220 e. The molecule has 0 aromatic heterocycles. The van der Waals surface area contributed by atoms with Crippen LogP contribution < -0.4 is 5.32 Å². The molecule has 14 heavy (non-hydrogen) atoms. The van der Waals surface area contributed by atoms with E-state index in [1.165, 1.54) is 6.08 Å². The molecule has 0 aromatic rings. The maximum absolute atomic E-state index is 10.9. The Morgan fingerprint density at radius 3 is 2.21 bits per heavy atom. The lowest BCUT2D eigenvalue weighted by Gasteiger charge is -1.98. The number of allylic oxidation sites excluding steroid dienone is 2. The first-order chi connectivity index (χ1) is 6.70. The Hall–Kier alpha value is -1.12. The Labute approximate surface area is 86.6 Å². The van der Waals surface area contributed by atoms with Crippen LogP contribution >= 0.6 is 0 Å². The van der Waals surface area contributed by atoms with Crippen LogP contribution in [0, 0.1) is 0 Å². The number of carbonyl (C=O) groups excluding carboxylic acids is 2. The van der Waals surface area contributed by atoms with E-state index in [1.54, 1.807) is 13.0 Å². The zero-order valence-corrected chi connectivity index (χ0v) is 9.59. The Morgan fingerprint density at radius 1 is 1.21 bits per heavy atom. The minimum absolute atomic E-state index is 0.00348. The Kier molecular flexibility index (Phi) is 13.0. The fourth-order valence-corrected chi connectivity index (χ4v) is 0.792. The molecule has 0 unspecified atom stereocenters. The standard InChI is InChI=1S/C9H15NO2.C2H6/c1-3-5-8(11)6-7-9(12)10-4-2;1-2/h3,5H,4,6-7H2,1-2H3,(H,10,12);1-2H3/b5-3+;. The average molecular weight is 199 g/mol. The second-order valence-electron chi connectivity index (χ2n) is 2.42. The Bertz CT molecular complexity index is 186. The summed E-state index contributed by atoms with van der Waals surface area (Å²) in [5.41, 5.74) is 0. The smallest absolute Gasteiger partial charge is 0.220 e. The third-order valence-corrected chi connectivity index (χ3v) is 1.32. The van der Waals surface area contributed by atoms with Crippen molar-refractivity contribution in [3.05, 3.63) is 12.2 Å². The van der Waals surface area contributed by atoms with Gasteiger partial charge < -0.3 is 5.32 Å². The molecule has 0 heterocycles. The molecule has 0 fully saturated rings. The summed E-state index contributed by atoms with van der Waals surface area (Å²) in [5, 5.41) is 2.63. The monoisotopic (exact) mass is 199 g/mol. The summed E-state index contributed by atoms with van der Waals surface area (Å²) in [7, 11) is 0. The lowest BCUT2D eigenvalue weighted by Crippen LogP contribution is -2.22. The molecular weight excluding hydrogens is 178 g/mol. The number of rotatable bonds is 5. The maximum atomic E-state index is 10.9. The van der Waals surface area contributed by atoms with Crippen LogP contribution in [0.2, 0.25) is 0 Å². The van der Waals surface area contributed by atoms with Crippen LogP contribution in [0.1, 0.15) is 40.5 Å². The van der Waals surface area contributed by atoms with E-state index in [4.69, 9.17) is 0 Å². The van der Waals surface area contributed by atoms with Crippen LogP contribution in [0.3, 0.4) is 0 Å². The van der Waals surface area contributed by atoms with Gasteiger partial charge in [-0.25, -0.2) is 0 Å². The number of ketones is 1. The van der Waals surface area contributed by atoms with Crippen LogP contribution in [0.5, 0.6) is 0 Å². The molecule has 0 spiro atoms. The lowest BCUT2D eigenvalue weighted by molar-refractivity contribution is -0.123. The van der Waals surface area contributed by atoms with Crippen LogP contribution in [0.4, 0.5) is 0 Å². The van der Waals surface area contributed by atoms with Crippen molar-refractivity contribution in [1.29, 1.82) is 0 Å². The van der Waals surface area contributed by atoms with Crippen molar-refractivity contribution < 1.29 is 9.59 Å². The first-order valence-corrected chi connectivity index (χ1v) is 5.13. The van der Waals surface area contributed by atoms with Crippen LogP contribution in [-0.2, 0) is 9.59 Å². The van der Waals surface area contributed by atoms with Crippen molar-refractivity contribution in [2.24, 2.45) is 0 Å². The molecule has 0 atom stereocenters. The SMILES string of the molecule is C/C=C/C(=O)CCC(=O)NCC.CC. The van der Waals surface area contributed by atoms with Crippen molar-refractivity contribution in [2.45, 2.75) is 40.5 Å². The minimum atomic E-state index is -0.0599. The number of hydrogen-bond donors (Lipinski definition) is 1. The van der Waals surface area contributed by atoms with E-state index in [1.807, 2.05) is 20.8 Å². The Balaban J connectivity index is 0. The summed E-state index contributed by atoms with van der Waals surface area (Å²) in [6.07, 6.45) is 3.76. The molecule has 0 aromatic carbocycles. The van der Waals surface area contributed by atoms with Gasteiger partial charge in [0.15, 0.2) is 5.78 Å². The highest BCUT2D eigenvalue weighted by Gasteiger charge is 2.02. The van der Waals surface area contributed by atoms with Crippen molar-refractivity contribution >= 4 is 11.7 Å². The van der Waals surface area contributed by atoms with Gasteiger partial charge in [-0.3, -0.25) is 9.59 Å². The summed E-state index contributed by atoms with van der Waals surface area (Å²) < 4.78 is 0. The molecule has 0 aliphatic heterocycles. The molecule has 0 aliphatic carbocycles. The van der Waals surface area contributed by atoms with Gasteiger partial charge in [0.1, 0.15) is 0 Å². The highest BCUT2D eigenvalue weighted by atomic mass is 16.2.